The maximum absolute atomic E-state index is 13.4. The number of hydrogen-bond donors (Lipinski definition) is 1. The SMILES string of the molecule is CCC(C(=O)NC1CCCCC1)N(Cc1cccc(C)c1)C(=O)CCCOc1ccc(Cl)cc1. The first-order valence-corrected chi connectivity index (χ1v) is 12.9. The van der Waals surface area contributed by atoms with Crippen molar-refractivity contribution >= 4 is 23.4 Å². The second-order valence-electron chi connectivity index (χ2n) is 9.18. The van der Waals surface area contributed by atoms with E-state index in [9.17, 15) is 9.59 Å². The number of carbonyl (C=O) groups excluding carboxylic acids is 2. The lowest BCUT2D eigenvalue weighted by Crippen LogP contribution is -2.51. The van der Waals surface area contributed by atoms with Crippen LogP contribution >= 0.6 is 11.6 Å². The summed E-state index contributed by atoms with van der Waals surface area (Å²) in [5.41, 5.74) is 2.18. The molecule has 0 bridgehead atoms. The number of aryl methyl sites for hydroxylation is 1. The first kappa shape index (κ1) is 26.1. The van der Waals surface area contributed by atoms with Crippen LogP contribution in [0.1, 0.15) is 69.4 Å². The number of carbonyl (C=O) groups is 2. The fourth-order valence-electron chi connectivity index (χ4n) is 4.56. The van der Waals surface area contributed by atoms with Gasteiger partial charge in [0.25, 0.3) is 0 Å². The molecule has 2 aromatic rings. The predicted octanol–water partition coefficient (Wildman–Crippen LogP) is 6.06. The molecule has 1 atom stereocenters. The lowest BCUT2D eigenvalue weighted by molar-refractivity contribution is -0.142. The van der Waals surface area contributed by atoms with Gasteiger partial charge in [-0.3, -0.25) is 9.59 Å². The lowest BCUT2D eigenvalue weighted by Gasteiger charge is -2.33. The molecule has 2 aromatic carbocycles. The van der Waals surface area contributed by atoms with Gasteiger partial charge in [0.05, 0.1) is 6.61 Å². The molecule has 2 amide bonds. The van der Waals surface area contributed by atoms with Crippen LogP contribution in [-0.4, -0.2) is 35.4 Å². The van der Waals surface area contributed by atoms with Gasteiger partial charge in [-0.2, -0.15) is 0 Å². The van der Waals surface area contributed by atoms with E-state index < -0.39 is 6.04 Å². The third kappa shape index (κ3) is 8.05. The van der Waals surface area contributed by atoms with Crippen LogP contribution in [-0.2, 0) is 16.1 Å². The van der Waals surface area contributed by atoms with Gasteiger partial charge in [0.1, 0.15) is 11.8 Å². The zero-order valence-corrected chi connectivity index (χ0v) is 21.2. The molecule has 1 fully saturated rings. The smallest absolute Gasteiger partial charge is 0.243 e. The van der Waals surface area contributed by atoms with E-state index >= 15 is 0 Å². The average molecular weight is 485 g/mol. The van der Waals surface area contributed by atoms with Crippen LogP contribution in [0.2, 0.25) is 5.02 Å². The van der Waals surface area contributed by atoms with Crippen molar-refractivity contribution in [3.05, 3.63) is 64.7 Å². The molecule has 3 rings (SSSR count). The Bertz CT molecular complexity index is 926. The summed E-state index contributed by atoms with van der Waals surface area (Å²) in [6.45, 7) is 4.87. The van der Waals surface area contributed by atoms with E-state index in [4.69, 9.17) is 16.3 Å². The van der Waals surface area contributed by atoms with Crippen LogP contribution in [0, 0.1) is 6.92 Å². The Kier molecular flexibility index (Phi) is 10.3. The number of ether oxygens (including phenoxy) is 1. The molecule has 0 heterocycles. The third-order valence-electron chi connectivity index (χ3n) is 6.39. The van der Waals surface area contributed by atoms with E-state index in [0.29, 0.717) is 37.4 Å². The van der Waals surface area contributed by atoms with Gasteiger partial charge in [0.2, 0.25) is 11.8 Å². The van der Waals surface area contributed by atoms with E-state index in [-0.39, 0.29) is 17.9 Å². The Morgan fingerprint density at radius 3 is 2.53 bits per heavy atom. The molecule has 184 valence electrons. The zero-order valence-electron chi connectivity index (χ0n) is 20.4. The molecule has 6 heteroatoms. The summed E-state index contributed by atoms with van der Waals surface area (Å²) < 4.78 is 5.75. The van der Waals surface area contributed by atoms with Crippen molar-refractivity contribution in [2.45, 2.75) is 83.8 Å². The molecule has 0 spiro atoms. The fourth-order valence-corrected chi connectivity index (χ4v) is 4.68. The molecule has 34 heavy (non-hydrogen) atoms. The molecule has 1 aliphatic carbocycles. The van der Waals surface area contributed by atoms with Gasteiger partial charge < -0.3 is 15.0 Å². The molecule has 0 aromatic heterocycles. The second-order valence-corrected chi connectivity index (χ2v) is 9.62. The van der Waals surface area contributed by atoms with Gasteiger partial charge in [-0.15, -0.1) is 0 Å². The molecule has 5 nitrogen and oxygen atoms in total. The number of nitrogens with zero attached hydrogens (tertiary/aromatic N) is 1. The molecule has 1 saturated carbocycles. The van der Waals surface area contributed by atoms with Crippen molar-refractivity contribution in [1.29, 1.82) is 0 Å². The number of halogens is 1. The highest BCUT2D eigenvalue weighted by Crippen LogP contribution is 2.20. The van der Waals surface area contributed by atoms with Crippen molar-refractivity contribution in [3.8, 4) is 5.75 Å². The average Bonchev–Trinajstić information content (AvgIpc) is 2.83. The van der Waals surface area contributed by atoms with E-state index in [1.54, 1.807) is 17.0 Å². The minimum atomic E-state index is -0.480. The summed E-state index contributed by atoms with van der Waals surface area (Å²) in [6, 6.07) is 15.1. The maximum atomic E-state index is 13.4. The van der Waals surface area contributed by atoms with E-state index in [1.807, 2.05) is 44.2 Å². The number of rotatable bonds is 11. The molecule has 0 saturated heterocycles. The van der Waals surface area contributed by atoms with Crippen molar-refractivity contribution in [1.82, 2.24) is 10.2 Å². The van der Waals surface area contributed by atoms with Gasteiger partial charge in [-0.05, 0) is 62.4 Å². The maximum Gasteiger partial charge on any atom is 0.243 e. The van der Waals surface area contributed by atoms with Crippen molar-refractivity contribution in [2.75, 3.05) is 6.61 Å². The van der Waals surface area contributed by atoms with Crippen molar-refractivity contribution < 1.29 is 14.3 Å². The first-order valence-electron chi connectivity index (χ1n) is 12.5. The molecule has 1 aliphatic rings. The minimum Gasteiger partial charge on any atom is -0.494 e. The van der Waals surface area contributed by atoms with Gasteiger partial charge in [0, 0.05) is 24.0 Å². The number of benzene rings is 2. The normalized spacial score (nSPS) is 14.9. The molecule has 1 unspecified atom stereocenters. The van der Waals surface area contributed by atoms with Crippen LogP contribution in [0.3, 0.4) is 0 Å². The zero-order chi connectivity index (χ0) is 24.3. The van der Waals surface area contributed by atoms with Crippen LogP contribution in [0.15, 0.2) is 48.5 Å². The Morgan fingerprint density at radius 1 is 1.12 bits per heavy atom. The van der Waals surface area contributed by atoms with Gasteiger partial charge in [-0.1, -0.05) is 67.6 Å². The van der Waals surface area contributed by atoms with Crippen LogP contribution in [0.25, 0.3) is 0 Å². The van der Waals surface area contributed by atoms with Gasteiger partial charge in [-0.25, -0.2) is 0 Å². The Morgan fingerprint density at radius 2 is 1.85 bits per heavy atom. The Balaban J connectivity index is 1.64. The molecule has 1 N–H and O–H groups in total. The summed E-state index contributed by atoms with van der Waals surface area (Å²) in [5.74, 6) is 0.673. The predicted molar refractivity (Wildman–Crippen MR) is 137 cm³/mol. The summed E-state index contributed by atoms with van der Waals surface area (Å²) in [5, 5.41) is 3.89. The third-order valence-corrected chi connectivity index (χ3v) is 6.64. The number of hydrogen-bond acceptors (Lipinski definition) is 3. The largest absolute Gasteiger partial charge is 0.494 e. The summed E-state index contributed by atoms with van der Waals surface area (Å²) in [6.07, 6.45) is 7.07. The summed E-state index contributed by atoms with van der Waals surface area (Å²) >= 11 is 5.92. The summed E-state index contributed by atoms with van der Waals surface area (Å²) in [4.78, 5) is 28.4. The quantitative estimate of drug-likeness (QED) is 0.394. The molecular formula is C28H37ClN2O3. The second kappa shape index (κ2) is 13.4. The monoisotopic (exact) mass is 484 g/mol. The van der Waals surface area contributed by atoms with E-state index in [1.165, 1.54) is 6.42 Å². The highest BCUT2D eigenvalue weighted by Gasteiger charge is 2.30. The summed E-state index contributed by atoms with van der Waals surface area (Å²) in [7, 11) is 0. The van der Waals surface area contributed by atoms with Gasteiger partial charge in [0.15, 0.2) is 0 Å². The number of nitrogens with one attached hydrogen (secondary N) is 1. The Labute approximate surface area is 208 Å². The van der Waals surface area contributed by atoms with Crippen molar-refractivity contribution in [3.63, 3.8) is 0 Å². The number of amides is 2. The fraction of sp³-hybridized carbons (Fsp3) is 0.500. The topological polar surface area (TPSA) is 58.6 Å². The van der Waals surface area contributed by atoms with Crippen LogP contribution in [0.4, 0.5) is 0 Å². The van der Waals surface area contributed by atoms with Crippen LogP contribution < -0.4 is 10.1 Å². The van der Waals surface area contributed by atoms with E-state index in [0.717, 1.165) is 42.6 Å². The highest BCUT2D eigenvalue weighted by molar-refractivity contribution is 6.30. The minimum absolute atomic E-state index is 0.0214. The molecule has 0 aliphatic heterocycles. The Hall–Kier alpha value is -2.53. The molecular weight excluding hydrogens is 448 g/mol. The standard InChI is InChI=1S/C28H37ClN2O3/c1-3-26(28(33)30-24-11-5-4-6-12-24)31(20-22-10-7-9-21(2)19-22)27(32)13-8-18-34-25-16-14-23(29)15-17-25/h7,9-10,14-17,19,24,26H,3-6,8,11-13,18,20H2,1-2H3,(H,30,33). The first-order chi connectivity index (χ1) is 16.5. The van der Waals surface area contributed by atoms with Crippen molar-refractivity contribution in [2.24, 2.45) is 0 Å². The molecule has 0 radical (unpaired) electrons. The van der Waals surface area contributed by atoms with E-state index in [2.05, 4.69) is 11.4 Å². The lowest BCUT2D eigenvalue weighted by atomic mass is 9.95. The van der Waals surface area contributed by atoms with Gasteiger partial charge >= 0.3 is 0 Å². The van der Waals surface area contributed by atoms with Crippen LogP contribution in [0.5, 0.6) is 5.75 Å². The highest BCUT2D eigenvalue weighted by atomic mass is 35.5.